The van der Waals surface area contributed by atoms with Gasteiger partial charge < -0.3 is 10.4 Å². The van der Waals surface area contributed by atoms with Crippen molar-refractivity contribution >= 4 is 28.9 Å². The van der Waals surface area contributed by atoms with Gasteiger partial charge in [0.1, 0.15) is 5.65 Å². The number of pyridine rings is 1. The molecule has 2 fully saturated rings. The molecule has 0 aromatic carbocycles. The van der Waals surface area contributed by atoms with Crippen molar-refractivity contribution in [2.24, 2.45) is 0 Å². The third-order valence-electron chi connectivity index (χ3n) is 6.04. The van der Waals surface area contributed by atoms with Gasteiger partial charge in [-0.25, -0.2) is 14.6 Å². The number of hydrogen-bond acceptors (Lipinski definition) is 5. The predicted molar refractivity (Wildman–Crippen MR) is 113 cm³/mol. The van der Waals surface area contributed by atoms with Crippen LogP contribution in [0.15, 0.2) is 21.9 Å². The standard InChI is InChI=1S/C20H26N4O4S/c1-12-10-16-17(21-11-12)23(15-6-8-29-9-7-15)20(28)24(18(16)25)14-4-2-13(3-5-14)22-19(26)27/h10-11,13-15,22H,2-9H2,1H3,(H,26,27). The molecule has 2 N–H and O–H groups in total. The number of carbonyl (C=O) groups is 1. The maximum absolute atomic E-state index is 13.5. The Bertz CT molecular complexity index is 1030. The van der Waals surface area contributed by atoms with E-state index in [0.717, 1.165) is 29.9 Å². The maximum atomic E-state index is 13.5. The molecule has 2 aliphatic rings. The highest BCUT2D eigenvalue weighted by molar-refractivity contribution is 7.99. The topological polar surface area (TPSA) is 106 Å². The summed E-state index contributed by atoms with van der Waals surface area (Å²) in [6, 6.07) is 1.54. The van der Waals surface area contributed by atoms with Gasteiger partial charge in [-0.3, -0.25) is 13.9 Å². The van der Waals surface area contributed by atoms with Crippen LogP contribution in [0.1, 0.15) is 56.2 Å². The number of amides is 1. The van der Waals surface area contributed by atoms with Crippen LogP contribution in [0.2, 0.25) is 0 Å². The van der Waals surface area contributed by atoms with Crippen molar-refractivity contribution in [2.45, 2.75) is 63.6 Å². The zero-order valence-electron chi connectivity index (χ0n) is 16.5. The molecule has 29 heavy (non-hydrogen) atoms. The smallest absolute Gasteiger partial charge is 0.404 e. The Labute approximate surface area is 172 Å². The summed E-state index contributed by atoms with van der Waals surface area (Å²) in [5.41, 5.74) is 0.822. The van der Waals surface area contributed by atoms with E-state index in [4.69, 9.17) is 5.11 Å². The van der Waals surface area contributed by atoms with E-state index >= 15 is 0 Å². The Morgan fingerprint density at radius 2 is 1.76 bits per heavy atom. The first kappa shape index (κ1) is 20.0. The molecular formula is C20H26N4O4S. The quantitative estimate of drug-likeness (QED) is 0.794. The molecule has 1 saturated carbocycles. The highest BCUT2D eigenvalue weighted by atomic mass is 32.2. The van der Waals surface area contributed by atoms with Crippen molar-refractivity contribution in [3.05, 3.63) is 38.7 Å². The second-order valence-electron chi connectivity index (χ2n) is 8.01. The SMILES string of the molecule is Cc1cnc2c(c1)c(=O)n(C1CCC(NC(=O)O)CC1)c(=O)n2C1CCSCC1. The Morgan fingerprint density at radius 1 is 1.10 bits per heavy atom. The number of fused-ring (bicyclic) bond motifs is 1. The van der Waals surface area contributed by atoms with Gasteiger partial charge in [0.15, 0.2) is 0 Å². The molecule has 0 radical (unpaired) electrons. The lowest BCUT2D eigenvalue weighted by Gasteiger charge is -2.31. The van der Waals surface area contributed by atoms with E-state index in [2.05, 4.69) is 10.3 Å². The molecule has 9 heteroatoms. The first-order chi connectivity index (χ1) is 14.0. The first-order valence-electron chi connectivity index (χ1n) is 10.2. The van der Waals surface area contributed by atoms with Crippen LogP contribution >= 0.6 is 11.8 Å². The van der Waals surface area contributed by atoms with E-state index in [0.29, 0.717) is 36.7 Å². The Kier molecular flexibility index (Phi) is 5.67. The average Bonchev–Trinajstić information content (AvgIpc) is 2.70. The summed E-state index contributed by atoms with van der Waals surface area (Å²) in [5.74, 6) is 1.99. The molecule has 1 amide bonds. The van der Waals surface area contributed by atoms with Gasteiger partial charge in [0.05, 0.1) is 5.39 Å². The van der Waals surface area contributed by atoms with E-state index < -0.39 is 6.09 Å². The van der Waals surface area contributed by atoms with Gasteiger partial charge in [0, 0.05) is 24.3 Å². The van der Waals surface area contributed by atoms with Gasteiger partial charge in [-0.15, -0.1) is 0 Å². The normalized spacial score (nSPS) is 23.2. The summed E-state index contributed by atoms with van der Waals surface area (Å²) >= 11 is 1.89. The summed E-state index contributed by atoms with van der Waals surface area (Å²) in [7, 11) is 0. The number of carboxylic acid groups (broad SMARTS) is 1. The lowest BCUT2D eigenvalue weighted by atomic mass is 9.91. The minimum atomic E-state index is -1.03. The third kappa shape index (κ3) is 3.92. The summed E-state index contributed by atoms with van der Waals surface area (Å²) in [4.78, 5) is 42.2. The number of nitrogens with one attached hydrogen (secondary N) is 1. The van der Waals surface area contributed by atoms with Crippen LogP contribution in [0.4, 0.5) is 4.79 Å². The minimum absolute atomic E-state index is 0.0540. The van der Waals surface area contributed by atoms with Crippen molar-refractivity contribution in [3.8, 4) is 0 Å². The fourth-order valence-electron chi connectivity index (χ4n) is 4.58. The Morgan fingerprint density at radius 3 is 2.41 bits per heavy atom. The summed E-state index contributed by atoms with van der Waals surface area (Å²) in [6.45, 7) is 1.89. The van der Waals surface area contributed by atoms with E-state index in [1.165, 1.54) is 4.57 Å². The molecule has 8 nitrogen and oxygen atoms in total. The summed E-state index contributed by atoms with van der Waals surface area (Å²) in [5, 5.41) is 11.9. The van der Waals surface area contributed by atoms with Crippen LogP contribution in [-0.2, 0) is 0 Å². The lowest BCUT2D eigenvalue weighted by molar-refractivity contribution is 0.182. The fraction of sp³-hybridized carbons (Fsp3) is 0.600. The minimum Gasteiger partial charge on any atom is -0.465 e. The number of aryl methyl sites for hydroxylation is 1. The lowest BCUT2D eigenvalue weighted by Crippen LogP contribution is -2.46. The molecule has 1 saturated heterocycles. The molecule has 0 unspecified atom stereocenters. The van der Waals surface area contributed by atoms with Crippen LogP contribution in [0, 0.1) is 6.92 Å². The van der Waals surface area contributed by atoms with Gasteiger partial charge in [-0.1, -0.05) is 0 Å². The summed E-state index contributed by atoms with van der Waals surface area (Å²) < 4.78 is 3.17. The highest BCUT2D eigenvalue weighted by Crippen LogP contribution is 2.30. The molecule has 0 spiro atoms. The van der Waals surface area contributed by atoms with Gasteiger partial charge >= 0.3 is 11.8 Å². The van der Waals surface area contributed by atoms with Gasteiger partial charge in [0.2, 0.25) is 0 Å². The first-order valence-corrected chi connectivity index (χ1v) is 11.3. The van der Waals surface area contributed by atoms with Crippen molar-refractivity contribution < 1.29 is 9.90 Å². The van der Waals surface area contributed by atoms with E-state index in [9.17, 15) is 14.4 Å². The number of nitrogens with zero attached hydrogens (tertiary/aromatic N) is 3. The van der Waals surface area contributed by atoms with Gasteiger partial charge in [-0.05, 0) is 68.6 Å². The molecule has 3 heterocycles. The second kappa shape index (κ2) is 8.22. The molecule has 156 valence electrons. The van der Waals surface area contributed by atoms with Crippen molar-refractivity contribution in [1.29, 1.82) is 0 Å². The number of rotatable bonds is 3. The van der Waals surface area contributed by atoms with Crippen molar-refractivity contribution in [2.75, 3.05) is 11.5 Å². The molecule has 2 aromatic heterocycles. The van der Waals surface area contributed by atoms with E-state index in [-0.39, 0.29) is 29.4 Å². The predicted octanol–water partition coefficient (Wildman–Crippen LogP) is 2.69. The van der Waals surface area contributed by atoms with E-state index in [1.807, 2.05) is 24.8 Å². The average molecular weight is 419 g/mol. The number of aromatic nitrogens is 3. The van der Waals surface area contributed by atoms with Gasteiger partial charge in [-0.2, -0.15) is 11.8 Å². The molecule has 0 bridgehead atoms. The third-order valence-corrected chi connectivity index (χ3v) is 7.09. The molecule has 0 atom stereocenters. The Hall–Kier alpha value is -2.29. The van der Waals surface area contributed by atoms with Crippen molar-refractivity contribution in [1.82, 2.24) is 19.4 Å². The van der Waals surface area contributed by atoms with E-state index in [1.54, 1.807) is 10.8 Å². The Balaban J connectivity index is 1.79. The molecule has 1 aliphatic carbocycles. The number of thioether (sulfide) groups is 1. The van der Waals surface area contributed by atoms with Crippen LogP contribution in [0.3, 0.4) is 0 Å². The number of hydrogen-bond donors (Lipinski definition) is 2. The van der Waals surface area contributed by atoms with Gasteiger partial charge in [0.25, 0.3) is 5.56 Å². The van der Waals surface area contributed by atoms with Crippen molar-refractivity contribution in [3.63, 3.8) is 0 Å². The van der Waals surface area contributed by atoms with Crippen LogP contribution in [-0.4, -0.2) is 42.9 Å². The molecule has 2 aromatic rings. The monoisotopic (exact) mass is 418 g/mol. The van der Waals surface area contributed by atoms with Crippen LogP contribution < -0.4 is 16.6 Å². The molecule has 1 aliphatic heterocycles. The highest BCUT2D eigenvalue weighted by Gasteiger charge is 2.29. The fourth-order valence-corrected chi connectivity index (χ4v) is 5.66. The molecular weight excluding hydrogens is 392 g/mol. The second-order valence-corrected chi connectivity index (χ2v) is 9.23. The molecule has 4 rings (SSSR count). The zero-order chi connectivity index (χ0) is 20.5. The summed E-state index contributed by atoms with van der Waals surface area (Å²) in [6.07, 6.45) is 4.90. The maximum Gasteiger partial charge on any atom is 0.404 e. The largest absolute Gasteiger partial charge is 0.465 e. The zero-order valence-corrected chi connectivity index (χ0v) is 17.3. The van der Waals surface area contributed by atoms with Crippen LogP contribution in [0.5, 0.6) is 0 Å². The van der Waals surface area contributed by atoms with Crippen LogP contribution in [0.25, 0.3) is 11.0 Å².